The van der Waals surface area contributed by atoms with Gasteiger partial charge in [-0.3, -0.25) is 4.79 Å². The van der Waals surface area contributed by atoms with Gasteiger partial charge in [-0.25, -0.2) is 9.67 Å². The highest BCUT2D eigenvalue weighted by Crippen LogP contribution is 2.18. The van der Waals surface area contributed by atoms with Crippen molar-refractivity contribution in [2.45, 2.75) is 20.3 Å². The summed E-state index contributed by atoms with van der Waals surface area (Å²) in [7, 11) is 0. The van der Waals surface area contributed by atoms with Crippen LogP contribution >= 0.6 is 0 Å². The second-order valence-corrected chi connectivity index (χ2v) is 5.71. The maximum Gasteiger partial charge on any atom is 0.251 e. The quantitative estimate of drug-likeness (QED) is 0.842. The molecular weight excluding hydrogens is 268 g/mol. The molecule has 0 atom stereocenters. The van der Waals surface area contributed by atoms with Crippen molar-refractivity contribution in [1.29, 1.82) is 0 Å². The smallest absolute Gasteiger partial charge is 0.251 e. The minimum atomic E-state index is -0.136. The average molecular weight is 288 g/mol. The van der Waals surface area contributed by atoms with Crippen molar-refractivity contribution >= 4 is 5.91 Å². The molecule has 1 heterocycles. The summed E-state index contributed by atoms with van der Waals surface area (Å²) in [6.45, 7) is 4.65. The molecule has 0 aliphatic carbocycles. The highest BCUT2D eigenvalue weighted by Gasteiger charge is 2.18. The van der Waals surface area contributed by atoms with Crippen LogP contribution in [0.1, 0.15) is 30.6 Å². The Morgan fingerprint density at radius 3 is 2.90 bits per heavy atom. The predicted molar refractivity (Wildman–Crippen MR) is 79.2 cm³/mol. The van der Waals surface area contributed by atoms with Gasteiger partial charge in [0, 0.05) is 18.7 Å². The summed E-state index contributed by atoms with van der Waals surface area (Å²) in [5, 5.41) is 15.9. The lowest BCUT2D eigenvalue weighted by molar-refractivity contribution is 0.0928. The van der Waals surface area contributed by atoms with E-state index in [1.54, 1.807) is 23.1 Å². The third-order valence-electron chi connectivity index (χ3n) is 3.31. The van der Waals surface area contributed by atoms with Crippen molar-refractivity contribution in [3.63, 3.8) is 0 Å². The van der Waals surface area contributed by atoms with Gasteiger partial charge in [-0.2, -0.15) is 5.10 Å². The molecule has 0 spiro atoms. The molecule has 0 unspecified atom stereocenters. The summed E-state index contributed by atoms with van der Waals surface area (Å²) >= 11 is 0. The Morgan fingerprint density at radius 1 is 1.43 bits per heavy atom. The number of hydrogen-bond acceptors (Lipinski definition) is 4. The van der Waals surface area contributed by atoms with Crippen molar-refractivity contribution < 1.29 is 9.90 Å². The summed E-state index contributed by atoms with van der Waals surface area (Å²) in [6, 6.07) is 7.20. The summed E-state index contributed by atoms with van der Waals surface area (Å²) in [6.07, 6.45) is 3.68. The first-order valence-corrected chi connectivity index (χ1v) is 6.86. The zero-order chi connectivity index (χ0) is 15.3. The molecule has 0 fully saturated rings. The Morgan fingerprint density at radius 2 is 2.24 bits per heavy atom. The number of carbonyl (C=O) groups excluding carboxylic acids is 1. The van der Waals surface area contributed by atoms with E-state index >= 15 is 0 Å². The first-order chi connectivity index (χ1) is 10.0. The third kappa shape index (κ3) is 4.13. The Bertz CT molecular complexity index is 593. The standard InChI is InChI=1S/C15H20N4O2/c1-15(2,6-7-20)9-17-14(21)12-4-3-5-13(8-12)19-11-16-10-18-19/h3-5,8,10-11,20H,6-7,9H2,1-2H3,(H,17,21). The molecule has 2 rings (SSSR count). The number of aromatic nitrogens is 3. The normalized spacial score (nSPS) is 11.4. The van der Waals surface area contributed by atoms with Crippen molar-refractivity contribution in [3.05, 3.63) is 42.5 Å². The molecule has 0 aliphatic heterocycles. The average Bonchev–Trinajstić information content (AvgIpc) is 2.99. The van der Waals surface area contributed by atoms with E-state index in [1.165, 1.54) is 6.33 Å². The fraction of sp³-hybridized carbons (Fsp3) is 0.400. The fourth-order valence-electron chi connectivity index (χ4n) is 1.94. The van der Waals surface area contributed by atoms with Gasteiger partial charge in [-0.1, -0.05) is 19.9 Å². The highest BCUT2D eigenvalue weighted by atomic mass is 16.3. The molecule has 1 amide bonds. The number of hydrogen-bond donors (Lipinski definition) is 2. The molecule has 6 heteroatoms. The molecule has 0 saturated carbocycles. The van der Waals surface area contributed by atoms with Crippen LogP contribution in [0, 0.1) is 5.41 Å². The topological polar surface area (TPSA) is 80.0 Å². The van der Waals surface area contributed by atoms with E-state index in [0.29, 0.717) is 18.5 Å². The van der Waals surface area contributed by atoms with E-state index in [0.717, 1.165) is 5.69 Å². The summed E-state index contributed by atoms with van der Waals surface area (Å²) in [5.74, 6) is -0.136. The second-order valence-electron chi connectivity index (χ2n) is 5.71. The number of benzene rings is 1. The number of nitrogens with one attached hydrogen (secondary N) is 1. The van der Waals surface area contributed by atoms with Crippen LogP contribution in [0.5, 0.6) is 0 Å². The molecule has 0 saturated heterocycles. The van der Waals surface area contributed by atoms with Crippen LogP contribution in [-0.2, 0) is 0 Å². The van der Waals surface area contributed by atoms with E-state index in [1.807, 2.05) is 26.0 Å². The Hall–Kier alpha value is -2.21. The van der Waals surface area contributed by atoms with Gasteiger partial charge >= 0.3 is 0 Å². The first kappa shape index (κ1) is 15.2. The van der Waals surface area contributed by atoms with Crippen LogP contribution in [0.25, 0.3) is 5.69 Å². The zero-order valence-corrected chi connectivity index (χ0v) is 12.3. The van der Waals surface area contributed by atoms with Crippen LogP contribution < -0.4 is 5.32 Å². The second kappa shape index (κ2) is 6.49. The minimum Gasteiger partial charge on any atom is -0.396 e. The van der Waals surface area contributed by atoms with Gasteiger partial charge < -0.3 is 10.4 Å². The summed E-state index contributed by atoms with van der Waals surface area (Å²) < 4.78 is 1.60. The van der Waals surface area contributed by atoms with Crippen LogP contribution in [0.15, 0.2) is 36.9 Å². The summed E-state index contributed by atoms with van der Waals surface area (Å²) in [4.78, 5) is 16.1. The monoisotopic (exact) mass is 288 g/mol. The van der Waals surface area contributed by atoms with Crippen LogP contribution in [0.4, 0.5) is 0 Å². The number of nitrogens with zero attached hydrogens (tertiary/aromatic N) is 3. The molecule has 21 heavy (non-hydrogen) atoms. The van der Waals surface area contributed by atoms with Gasteiger partial charge in [-0.15, -0.1) is 0 Å². The minimum absolute atomic E-state index is 0.116. The molecule has 0 aliphatic rings. The molecule has 1 aromatic heterocycles. The van der Waals surface area contributed by atoms with Crippen LogP contribution in [0.2, 0.25) is 0 Å². The highest BCUT2D eigenvalue weighted by molar-refractivity contribution is 5.94. The van der Waals surface area contributed by atoms with E-state index < -0.39 is 0 Å². The number of carbonyl (C=O) groups is 1. The van der Waals surface area contributed by atoms with Gasteiger partial charge in [0.15, 0.2) is 0 Å². The van der Waals surface area contributed by atoms with Crippen LogP contribution in [0.3, 0.4) is 0 Å². The molecule has 0 bridgehead atoms. The van der Waals surface area contributed by atoms with Gasteiger partial charge in [0.05, 0.1) is 5.69 Å². The zero-order valence-electron chi connectivity index (χ0n) is 12.3. The SMILES string of the molecule is CC(C)(CCO)CNC(=O)c1cccc(-n2cncn2)c1. The number of aliphatic hydroxyl groups is 1. The number of aliphatic hydroxyl groups excluding tert-OH is 1. The Balaban J connectivity index is 2.05. The van der Waals surface area contributed by atoms with E-state index in [2.05, 4.69) is 15.4 Å². The maximum absolute atomic E-state index is 12.2. The largest absolute Gasteiger partial charge is 0.396 e. The lowest BCUT2D eigenvalue weighted by Crippen LogP contribution is -2.34. The first-order valence-electron chi connectivity index (χ1n) is 6.86. The van der Waals surface area contributed by atoms with Gasteiger partial charge in [0.2, 0.25) is 0 Å². The predicted octanol–water partition coefficient (Wildman–Crippen LogP) is 1.41. The maximum atomic E-state index is 12.2. The van der Waals surface area contributed by atoms with E-state index in [4.69, 9.17) is 5.11 Å². The molecule has 0 radical (unpaired) electrons. The lowest BCUT2D eigenvalue weighted by Gasteiger charge is -2.23. The third-order valence-corrected chi connectivity index (χ3v) is 3.31. The Labute approximate surface area is 123 Å². The molecule has 2 N–H and O–H groups in total. The molecule has 1 aromatic carbocycles. The van der Waals surface area contributed by atoms with Crippen molar-refractivity contribution in [1.82, 2.24) is 20.1 Å². The van der Waals surface area contributed by atoms with Crippen molar-refractivity contribution in [3.8, 4) is 5.69 Å². The van der Waals surface area contributed by atoms with Crippen molar-refractivity contribution in [2.75, 3.05) is 13.2 Å². The lowest BCUT2D eigenvalue weighted by atomic mass is 9.89. The van der Waals surface area contributed by atoms with E-state index in [9.17, 15) is 4.79 Å². The molecule has 2 aromatic rings. The molecular formula is C15H20N4O2. The number of rotatable bonds is 6. The molecule has 6 nitrogen and oxygen atoms in total. The van der Waals surface area contributed by atoms with Gasteiger partial charge in [0.25, 0.3) is 5.91 Å². The molecule has 112 valence electrons. The van der Waals surface area contributed by atoms with Crippen molar-refractivity contribution in [2.24, 2.45) is 5.41 Å². The number of amides is 1. The Kier molecular flexibility index (Phi) is 4.70. The van der Waals surface area contributed by atoms with Gasteiger partial charge in [-0.05, 0) is 30.0 Å². The van der Waals surface area contributed by atoms with E-state index in [-0.39, 0.29) is 17.9 Å². The van der Waals surface area contributed by atoms with Crippen LogP contribution in [-0.4, -0.2) is 38.9 Å². The fourth-order valence-corrected chi connectivity index (χ4v) is 1.94. The van der Waals surface area contributed by atoms with Gasteiger partial charge in [0.1, 0.15) is 12.7 Å². The summed E-state index contributed by atoms with van der Waals surface area (Å²) in [5.41, 5.74) is 1.23.